The molecule has 0 bridgehead atoms. The summed E-state index contributed by atoms with van der Waals surface area (Å²) in [6, 6.07) is 16.0. The van der Waals surface area contributed by atoms with Crippen molar-refractivity contribution in [2.75, 3.05) is 25.4 Å². The number of carbonyl (C=O) groups excluding carboxylic acids is 2. The third-order valence-electron chi connectivity index (χ3n) is 7.14. The van der Waals surface area contributed by atoms with E-state index in [9.17, 15) is 23.2 Å². The van der Waals surface area contributed by atoms with Crippen LogP contribution in [0.3, 0.4) is 0 Å². The third kappa shape index (κ3) is 5.13. The fraction of sp³-hybridized carbons (Fsp3) is 0.385. The number of fused-ring (bicyclic) bond motifs is 1. The van der Waals surface area contributed by atoms with E-state index in [0.717, 1.165) is 23.1 Å². The molecule has 2 fully saturated rings. The van der Waals surface area contributed by atoms with Gasteiger partial charge in [-0.05, 0) is 62.1 Å². The molecule has 3 aromatic rings. The maximum atomic E-state index is 13.6. The molecule has 2 heterocycles. The SMILES string of the molecule is O=C(NCCSc1ccc(S(=O)(=O)C2(C(=O)NO)CCN(C3CC3)CC2)cc1)c1cc2ccccc2o1. The molecule has 0 unspecified atom stereocenters. The quantitative estimate of drug-likeness (QED) is 0.162. The van der Waals surface area contributed by atoms with E-state index >= 15 is 0 Å². The van der Waals surface area contributed by atoms with Crippen molar-refractivity contribution in [3.8, 4) is 0 Å². The maximum absolute atomic E-state index is 13.6. The maximum Gasteiger partial charge on any atom is 0.287 e. The van der Waals surface area contributed by atoms with Crippen molar-refractivity contribution in [2.45, 2.75) is 46.3 Å². The van der Waals surface area contributed by atoms with Crippen molar-refractivity contribution in [1.29, 1.82) is 0 Å². The molecule has 0 atom stereocenters. The molecule has 0 spiro atoms. The number of amides is 2. The molecule has 2 aromatic carbocycles. The Morgan fingerprint density at radius 1 is 1.08 bits per heavy atom. The minimum absolute atomic E-state index is 0.0542. The van der Waals surface area contributed by atoms with Gasteiger partial charge in [0.15, 0.2) is 20.3 Å². The van der Waals surface area contributed by atoms with Gasteiger partial charge in [0.05, 0.1) is 4.90 Å². The molecule has 1 saturated heterocycles. The summed E-state index contributed by atoms with van der Waals surface area (Å²) in [6.07, 6.45) is 2.49. The Morgan fingerprint density at radius 2 is 1.78 bits per heavy atom. The minimum Gasteiger partial charge on any atom is -0.451 e. The van der Waals surface area contributed by atoms with E-state index in [1.54, 1.807) is 29.7 Å². The highest BCUT2D eigenvalue weighted by Gasteiger charge is 2.53. The molecule has 2 aliphatic rings. The Bertz CT molecular complexity index is 1360. The lowest BCUT2D eigenvalue weighted by Gasteiger charge is -2.39. The minimum atomic E-state index is -4.03. The van der Waals surface area contributed by atoms with Crippen molar-refractivity contribution in [1.82, 2.24) is 15.7 Å². The van der Waals surface area contributed by atoms with Crippen molar-refractivity contribution in [3.63, 3.8) is 0 Å². The molecule has 2 amide bonds. The smallest absolute Gasteiger partial charge is 0.287 e. The first-order valence-electron chi connectivity index (χ1n) is 12.3. The van der Waals surface area contributed by atoms with Gasteiger partial charge in [0.1, 0.15) is 5.58 Å². The average Bonchev–Trinajstić information content (AvgIpc) is 3.68. The van der Waals surface area contributed by atoms with Crippen LogP contribution in [-0.4, -0.2) is 66.5 Å². The van der Waals surface area contributed by atoms with Crippen molar-refractivity contribution in [3.05, 3.63) is 60.4 Å². The molecule has 37 heavy (non-hydrogen) atoms. The van der Waals surface area contributed by atoms with Gasteiger partial charge in [-0.2, -0.15) is 0 Å². The van der Waals surface area contributed by atoms with Crippen molar-refractivity contribution in [2.24, 2.45) is 0 Å². The summed E-state index contributed by atoms with van der Waals surface area (Å²) in [5.74, 6) is -0.337. The fourth-order valence-corrected chi connectivity index (χ4v) is 7.59. The number of sulfone groups is 1. The van der Waals surface area contributed by atoms with Crippen LogP contribution in [0.15, 0.2) is 68.8 Å². The molecule has 1 aliphatic heterocycles. The molecule has 0 radical (unpaired) electrons. The lowest BCUT2D eigenvalue weighted by atomic mass is 9.94. The fourth-order valence-electron chi connectivity index (χ4n) is 4.86. The summed E-state index contributed by atoms with van der Waals surface area (Å²) >= 11 is 1.47. The summed E-state index contributed by atoms with van der Waals surface area (Å²) in [5, 5.41) is 13.0. The van der Waals surface area contributed by atoms with E-state index in [1.807, 2.05) is 18.2 Å². The Kier molecular flexibility index (Phi) is 7.30. The summed E-state index contributed by atoms with van der Waals surface area (Å²) in [6.45, 7) is 1.41. The number of furan rings is 1. The van der Waals surface area contributed by atoms with Crippen molar-refractivity contribution < 1.29 is 27.6 Å². The second-order valence-electron chi connectivity index (χ2n) is 9.43. The predicted octanol–water partition coefficient (Wildman–Crippen LogP) is 3.23. The second kappa shape index (κ2) is 10.5. The summed E-state index contributed by atoms with van der Waals surface area (Å²) in [7, 11) is -4.03. The first kappa shape index (κ1) is 25.8. The summed E-state index contributed by atoms with van der Waals surface area (Å²) in [4.78, 5) is 28.1. The van der Waals surface area contributed by atoms with Crippen LogP contribution in [0, 0.1) is 0 Å². The molecule has 9 nitrogen and oxygen atoms in total. The van der Waals surface area contributed by atoms with Gasteiger partial charge in [-0.15, -0.1) is 11.8 Å². The Hall–Kier alpha value is -2.86. The van der Waals surface area contributed by atoms with Gasteiger partial charge in [0.25, 0.3) is 11.8 Å². The van der Waals surface area contributed by atoms with E-state index in [1.165, 1.54) is 23.9 Å². The lowest BCUT2D eigenvalue weighted by molar-refractivity contribution is -0.133. The number of hydrogen-bond donors (Lipinski definition) is 3. The van der Waals surface area contributed by atoms with Crippen LogP contribution in [0.2, 0.25) is 0 Å². The Balaban J connectivity index is 1.18. The summed E-state index contributed by atoms with van der Waals surface area (Å²) < 4.78 is 31.1. The highest BCUT2D eigenvalue weighted by atomic mass is 32.2. The van der Waals surface area contributed by atoms with E-state index in [2.05, 4.69) is 10.2 Å². The first-order chi connectivity index (χ1) is 17.8. The van der Waals surface area contributed by atoms with E-state index in [-0.39, 0.29) is 29.4 Å². The molecule has 5 rings (SSSR count). The number of benzene rings is 2. The molecular weight excluding hydrogens is 514 g/mol. The molecule has 1 saturated carbocycles. The van der Waals surface area contributed by atoms with Gasteiger partial charge in [0.2, 0.25) is 0 Å². The lowest BCUT2D eigenvalue weighted by Crippen LogP contribution is -2.58. The average molecular weight is 544 g/mol. The van der Waals surface area contributed by atoms with Crippen LogP contribution >= 0.6 is 11.8 Å². The second-order valence-corrected chi connectivity index (χ2v) is 12.9. The number of para-hydroxylation sites is 1. The topological polar surface area (TPSA) is 129 Å². The Morgan fingerprint density at radius 3 is 2.43 bits per heavy atom. The largest absolute Gasteiger partial charge is 0.451 e. The van der Waals surface area contributed by atoms with Gasteiger partial charge in [0, 0.05) is 41.7 Å². The normalized spacial score (nSPS) is 18.0. The number of nitrogens with one attached hydrogen (secondary N) is 2. The molecule has 11 heteroatoms. The van der Waals surface area contributed by atoms with Crippen LogP contribution in [-0.2, 0) is 14.6 Å². The first-order valence-corrected chi connectivity index (χ1v) is 14.7. The van der Waals surface area contributed by atoms with Gasteiger partial charge < -0.3 is 14.6 Å². The van der Waals surface area contributed by atoms with Crippen LogP contribution in [0.1, 0.15) is 36.2 Å². The number of hydrogen-bond acceptors (Lipinski definition) is 8. The highest BCUT2D eigenvalue weighted by Crippen LogP contribution is 2.39. The van der Waals surface area contributed by atoms with Crippen LogP contribution in [0.5, 0.6) is 0 Å². The van der Waals surface area contributed by atoms with Crippen LogP contribution < -0.4 is 10.8 Å². The molecule has 1 aromatic heterocycles. The molecule has 1 aliphatic carbocycles. The molecule has 196 valence electrons. The zero-order valence-electron chi connectivity index (χ0n) is 20.2. The zero-order valence-corrected chi connectivity index (χ0v) is 21.8. The standard InChI is InChI=1S/C26H29N3O6S2/c30-24(23-17-18-3-1-2-4-22(18)35-23)27-13-16-36-20-7-9-21(10-8-20)37(33,34)26(25(31)28-32)11-14-29(15-12-26)19-5-6-19/h1-4,7-10,17,19,32H,5-6,11-16H2,(H,27,30)(H,28,31). The summed E-state index contributed by atoms with van der Waals surface area (Å²) in [5.41, 5.74) is 2.26. The molecule has 3 N–H and O–H groups in total. The van der Waals surface area contributed by atoms with Crippen LogP contribution in [0.4, 0.5) is 0 Å². The van der Waals surface area contributed by atoms with Crippen LogP contribution in [0.25, 0.3) is 11.0 Å². The van der Waals surface area contributed by atoms with Gasteiger partial charge in [-0.25, -0.2) is 13.9 Å². The zero-order chi connectivity index (χ0) is 26.0. The Labute approximate surface area is 219 Å². The van der Waals surface area contributed by atoms with Gasteiger partial charge >= 0.3 is 0 Å². The number of thioether (sulfide) groups is 1. The van der Waals surface area contributed by atoms with E-state index < -0.39 is 20.5 Å². The van der Waals surface area contributed by atoms with E-state index in [4.69, 9.17) is 4.42 Å². The third-order valence-corrected chi connectivity index (χ3v) is 10.7. The number of carbonyl (C=O) groups is 2. The number of rotatable bonds is 9. The number of likely N-dealkylation sites (tertiary alicyclic amines) is 1. The van der Waals surface area contributed by atoms with Crippen molar-refractivity contribution >= 4 is 44.4 Å². The number of hydroxylamine groups is 1. The van der Waals surface area contributed by atoms with Gasteiger partial charge in [-0.3, -0.25) is 14.8 Å². The highest BCUT2D eigenvalue weighted by molar-refractivity contribution is 7.99. The van der Waals surface area contributed by atoms with Gasteiger partial charge in [-0.1, -0.05) is 18.2 Å². The predicted molar refractivity (Wildman–Crippen MR) is 139 cm³/mol. The van der Waals surface area contributed by atoms with E-state index in [0.29, 0.717) is 37.0 Å². The molecular formula is C26H29N3O6S2. The number of piperidine rings is 1. The number of nitrogens with zero attached hydrogens (tertiary/aromatic N) is 1. The monoisotopic (exact) mass is 543 g/mol.